The highest BCUT2D eigenvalue weighted by Gasteiger charge is 2.15. The van der Waals surface area contributed by atoms with Crippen LogP contribution in [0.5, 0.6) is 0 Å². The van der Waals surface area contributed by atoms with Gasteiger partial charge in [0.2, 0.25) is 5.91 Å². The normalized spacial score (nSPS) is 12.7. The molecule has 0 saturated carbocycles. The molecule has 1 N–H and O–H groups in total. The summed E-state index contributed by atoms with van der Waals surface area (Å²) in [4.78, 5) is 15.9. The number of carbonyl (C=O) groups is 1. The van der Waals surface area contributed by atoms with Crippen LogP contribution in [0, 0.1) is 0 Å². The Bertz CT molecular complexity index is 602. The van der Waals surface area contributed by atoms with Crippen LogP contribution in [-0.4, -0.2) is 15.7 Å². The monoisotopic (exact) mass is 410 g/mol. The van der Waals surface area contributed by atoms with E-state index in [4.69, 9.17) is 11.6 Å². The number of alkyl halides is 1. The van der Waals surface area contributed by atoms with Gasteiger partial charge >= 0.3 is 0 Å². The first kappa shape index (κ1) is 14.2. The van der Waals surface area contributed by atoms with Gasteiger partial charge in [-0.05, 0) is 34.5 Å². The molecule has 1 aromatic carbocycles. The van der Waals surface area contributed by atoms with Crippen molar-refractivity contribution in [3.63, 3.8) is 0 Å². The van der Waals surface area contributed by atoms with E-state index in [1.54, 1.807) is 6.07 Å². The lowest BCUT2D eigenvalue weighted by molar-refractivity contribution is -0.115. The lowest BCUT2D eigenvalue weighted by Gasteiger charge is -2.04. The predicted molar refractivity (Wildman–Crippen MR) is 84.0 cm³/mol. The van der Waals surface area contributed by atoms with Crippen LogP contribution >= 0.6 is 54.8 Å². The fourth-order valence-electron chi connectivity index (χ4n) is 1.38. The number of aromatic nitrogens is 1. The van der Waals surface area contributed by atoms with E-state index >= 15 is 0 Å². The highest BCUT2D eigenvalue weighted by atomic mass is 79.9. The van der Waals surface area contributed by atoms with Gasteiger partial charge in [-0.2, -0.15) is 0 Å². The molecule has 18 heavy (non-hydrogen) atoms. The Balaban J connectivity index is 2.31. The first-order chi connectivity index (χ1) is 8.51. The van der Waals surface area contributed by atoms with E-state index in [0.717, 1.165) is 21.1 Å². The number of fused-ring (bicyclic) bond motifs is 1. The number of nitrogens with zero attached hydrogens (tertiary/aromatic N) is 1. The van der Waals surface area contributed by atoms with Gasteiger partial charge in [0, 0.05) is 9.50 Å². The van der Waals surface area contributed by atoms with E-state index < -0.39 is 0 Å². The second-order valence-corrected chi connectivity index (χ2v) is 7.05. The maximum absolute atomic E-state index is 11.7. The van der Waals surface area contributed by atoms with Crippen LogP contribution in [-0.2, 0) is 4.79 Å². The largest absolute Gasteiger partial charge is 0.301 e. The van der Waals surface area contributed by atoms with E-state index in [1.165, 1.54) is 11.3 Å². The molecule has 1 atom stereocenters. The topological polar surface area (TPSA) is 42.0 Å². The third-order valence-corrected chi connectivity index (χ3v) is 5.09. The highest BCUT2D eigenvalue weighted by molar-refractivity contribution is 9.10. The highest BCUT2D eigenvalue weighted by Crippen LogP contribution is 2.34. The summed E-state index contributed by atoms with van der Waals surface area (Å²) in [5.41, 5.74) is 0.808. The molecule has 0 bridgehead atoms. The number of nitrogens with one attached hydrogen (secondary N) is 1. The van der Waals surface area contributed by atoms with Crippen molar-refractivity contribution in [2.45, 2.75) is 18.2 Å². The second kappa shape index (κ2) is 5.86. The third-order valence-electron chi connectivity index (χ3n) is 2.29. The number of anilines is 1. The van der Waals surface area contributed by atoms with Crippen molar-refractivity contribution in [2.75, 3.05) is 5.32 Å². The van der Waals surface area contributed by atoms with Gasteiger partial charge in [-0.1, -0.05) is 45.8 Å². The number of benzene rings is 1. The fourth-order valence-corrected chi connectivity index (χ4v) is 3.52. The molecular weight excluding hydrogens is 403 g/mol. The van der Waals surface area contributed by atoms with Crippen LogP contribution in [0.4, 0.5) is 5.13 Å². The summed E-state index contributed by atoms with van der Waals surface area (Å²) in [6.45, 7) is 1.94. The zero-order valence-corrected chi connectivity index (χ0v) is 14.1. The number of hydrogen-bond acceptors (Lipinski definition) is 3. The molecular formula is C11H9Br2ClN2OS. The number of amides is 1. The molecule has 2 rings (SSSR count). The first-order valence-corrected chi connectivity index (χ1v) is 8.12. The van der Waals surface area contributed by atoms with Crippen molar-refractivity contribution in [1.29, 1.82) is 0 Å². The Morgan fingerprint density at radius 3 is 3.00 bits per heavy atom. The SMILES string of the molecule is CC[C@@H](Br)C(=O)Nc1nc2c(Br)cc(Cl)cc2s1. The molecule has 1 heterocycles. The summed E-state index contributed by atoms with van der Waals surface area (Å²) in [6.07, 6.45) is 0.728. The molecule has 2 aromatic rings. The van der Waals surface area contributed by atoms with Crippen LogP contribution in [0.25, 0.3) is 10.2 Å². The zero-order valence-electron chi connectivity index (χ0n) is 9.34. The number of rotatable bonds is 3. The van der Waals surface area contributed by atoms with Crippen molar-refractivity contribution in [2.24, 2.45) is 0 Å². The fraction of sp³-hybridized carbons (Fsp3) is 0.273. The van der Waals surface area contributed by atoms with Crippen molar-refractivity contribution >= 4 is 76.1 Å². The second-order valence-electron chi connectivity index (χ2n) is 3.62. The summed E-state index contributed by atoms with van der Waals surface area (Å²) in [6, 6.07) is 3.62. The van der Waals surface area contributed by atoms with E-state index in [0.29, 0.717) is 10.2 Å². The number of halogens is 3. The number of carbonyl (C=O) groups excluding carboxylic acids is 1. The average molecular weight is 413 g/mol. The molecule has 7 heteroatoms. The van der Waals surface area contributed by atoms with Crippen molar-refractivity contribution < 1.29 is 4.79 Å². The van der Waals surface area contributed by atoms with Crippen LogP contribution < -0.4 is 5.32 Å². The molecule has 0 fully saturated rings. The molecule has 0 spiro atoms. The van der Waals surface area contributed by atoms with E-state index in [2.05, 4.69) is 42.2 Å². The standard InChI is InChI=1S/C11H9Br2ClN2OS/c1-2-6(12)10(17)16-11-15-9-7(13)3-5(14)4-8(9)18-11/h3-4,6H,2H2,1H3,(H,15,16,17)/t6-/m1/s1. The van der Waals surface area contributed by atoms with Gasteiger partial charge in [-0.25, -0.2) is 4.98 Å². The van der Waals surface area contributed by atoms with Gasteiger partial charge in [0.15, 0.2) is 5.13 Å². The number of hydrogen-bond donors (Lipinski definition) is 1. The van der Waals surface area contributed by atoms with Crippen LogP contribution in [0.3, 0.4) is 0 Å². The van der Waals surface area contributed by atoms with Crippen molar-refractivity contribution in [1.82, 2.24) is 4.98 Å². The Hall–Kier alpha value is -0.170. The third kappa shape index (κ3) is 3.04. The molecule has 96 valence electrons. The molecule has 0 unspecified atom stereocenters. The maximum Gasteiger partial charge on any atom is 0.239 e. The van der Waals surface area contributed by atoms with E-state index in [1.807, 2.05) is 13.0 Å². The molecule has 0 aliphatic heterocycles. The first-order valence-electron chi connectivity index (χ1n) is 5.21. The number of thiazole rings is 1. The average Bonchev–Trinajstić information content (AvgIpc) is 2.70. The summed E-state index contributed by atoms with van der Waals surface area (Å²) < 4.78 is 1.76. The van der Waals surface area contributed by atoms with Gasteiger partial charge in [0.05, 0.1) is 15.0 Å². The Morgan fingerprint density at radius 2 is 2.33 bits per heavy atom. The zero-order chi connectivity index (χ0) is 13.3. The summed E-state index contributed by atoms with van der Waals surface area (Å²) in [5.74, 6) is -0.0845. The predicted octanol–water partition coefficient (Wildman–Crippen LogP) is 4.82. The van der Waals surface area contributed by atoms with Gasteiger partial charge in [-0.15, -0.1) is 0 Å². The van der Waals surface area contributed by atoms with Gasteiger partial charge in [-0.3, -0.25) is 4.79 Å². The lowest BCUT2D eigenvalue weighted by Crippen LogP contribution is -2.21. The van der Waals surface area contributed by atoms with Crippen molar-refractivity contribution in [3.8, 4) is 0 Å². The van der Waals surface area contributed by atoms with Gasteiger partial charge < -0.3 is 5.32 Å². The molecule has 3 nitrogen and oxygen atoms in total. The summed E-state index contributed by atoms with van der Waals surface area (Å²) in [5, 5.41) is 4.01. The molecule has 0 radical (unpaired) electrons. The minimum Gasteiger partial charge on any atom is -0.301 e. The minimum absolute atomic E-state index is 0.0845. The smallest absolute Gasteiger partial charge is 0.239 e. The maximum atomic E-state index is 11.7. The van der Waals surface area contributed by atoms with Crippen LogP contribution in [0.1, 0.15) is 13.3 Å². The van der Waals surface area contributed by atoms with Crippen LogP contribution in [0.2, 0.25) is 5.02 Å². The quantitative estimate of drug-likeness (QED) is 0.734. The van der Waals surface area contributed by atoms with Crippen LogP contribution in [0.15, 0.2) is 16.6 Å². The van der Waals surface area contributed by atoms with Gasteiger partial charge in [0.1, 0.15) is 0 Å². The molecule has 1 aromatic heterocycles. The molecule has 1 amide bonds. The Labute approximate surface area is 130 Å². The lowest BCUT2D eigenvalue weighted by atomic mass is 10.3. The Kier molecular flexibility index (Phi) is 4.64. The van der Waals surface area contributed by atoms with E-state index in [9.17, 15) is 4.79 Å². The van der Waals surface area contributed by atoms with Gasteiger partial charge in [0.25, 0.3) is 0 Å². The Morgan fingerprint density at radius 1 is 1.61 bits per heavy atom. The molecule has 0 aliphatic rings. The van der Waals surface area contributed by atoms with E-state index in [-0.39, 0.29) is 10.7 Å². The summed E-state index contributed by atoms with van der Waals surface area (Å²) in [7, 11) is 0. The molecule has 0 aliphatic carbocycles. The molecule has 0 saturated heterocycles. The van der Waals surface area contributed by atoms with Crippen molar-refractivity contribution in [3.05, 3.63) is 21.6 Å². The minimum atomic E-state index is -0.198. The summed E-state index contributed by atoms with van der Waals surface area (Å²) >= 11 is 14.1.